The van der Waals surface area contributed by atoms with Crippen LogP contribution in [0.25, 0.3) is 5.69 Å². The highest BCUT2D eigenvalue weighted by Gasteiger charge is 2.24. The fraction of sp³-hybridized carbons (Fsp3) is 0.105. The number of carbonyl (C=O) groups is 1. The first-order chi connectivity index (χ1) is 13.9. The van der Waals surface area contributed by atoms with Crippen LogP contribution < -0.4 is 0 Å². The summed E-state index contributed by atoms with van der Waals surface area (Å²) in [4.78, 5) is 23.7. The minimum atomic E-state index is -0.630. The highest BCUT2D eigenvalue weighted by Crippen LogP contribution is 2.27. The van der Waals surface area contributed by atoms with Gasteiger partial charge in [-0.3, -0.25) is 19.5 Å². The summed E-state index contributed by atoms with van der Waals surface area (Å²) in [5.41, 5.74) is -0.152. The molecule has 10 nitrogen and oxygen atoms in total. The number of nitriles is 2. The summed E-state index contributed by atoms with van der Waals surface area (Å²) in [5.74, 6) is -0.227. The van der Waals surface area contributed by atoms with E-state index >= 15 is 0 Å². The first-order valence-electron chi connectivity index (χ1n) is 8.20. The molecule has 0 atom stereocenters. The van der Waals surface area contributed by atoms with E-state index in [-0.39, 0.29) is 39.5 Å². The van der Waals surface area contributed by atoms with Crippen LogP contribution in [0.3, 0.4) is 0 Å². The SMILES string of the molecule is Cc1nnc(CO)n1-c1c(C#N)cc(C#N)cc1C(=O)c1cccc([N+](=O)[O-])c1. The molecule has 10 heteroatoms. The molecule has 0 aliphatic carbocycles. The second kappa shape index (κ2) is 7.68. The molecule has 0 spiro atoms. The molecule has 2 aromatic carbocycles. The molecule has 0 saturated carbocycles. The van der Waals surface area contributed by atoms with E-state index in [1.165, 1.54) is 34.9 Å². The van der Waals surface area contributed by atoms with Crippen LogP contribution in [0.1, 0.15) is 38.7 Å². The molecule has 0 aliphatic heterocycles. The summed E-state index contributed by atoms with van der Waals surface area (Å²) in [5, 5.41) is 47.2. The highest BCUT2D eigenvalue weighted by molar-refractivity contribution is 6.12. The van der Waals surface area contributed by atoms with Crippen LogP contribution in [0.5, 0.6) is 0 Å². The molecule has 1 aromatic heterocycles. The molecule has 0 bridgehead atoms. The normalized spacial score (nSPS) is 10.2. The molecule has 0 aliphatic rings. The number of hydrogen-bond acceptors (Lipinski definition) is 8. The number of non-ortho nitro benzene ring substituents is 1. The fourth-order valence-electron chi connectivity index (χ4n) is 2.91. The molecule has 3 aromatic rings. The standard InChI is InChI=1S/C19H12N6O4/c1-11-22-23-17(10-26)24(11)18-14(9-21)5-12(8-20)6-16(18)19(27)13-3-2-4-15(7-13)25(28)29/h2-7,26H,10H2,1H3. The van der Waals surface area contributed by atoms with Crippen LogP contribution in [-0.4, -0.2) is 30.6 Å². The van der Waals surface area contributed by atoms with Crippen molar-refractivity contribution in [2.24, 2.45) is 0 Å². The van der Waals surface area contributed by atoms with E-state index in [0.29, 0.717) is 5.82 Å². The van der Waals surface area contributed by atoms with Gasteiger partial charge >= 0.3 is 0 Å². The summed E-state index contributed by atoms with van der Waals surface area (Å²) in [6.07, 6.45) is 0. The average molecular weight is 388 g/mol. The van der Waals surface area contributed by atoms with Crippen molar-refractivity contribution in [2.75, 3.05) is 0 Å². The lowest BCUT2D eigenvalue weighted by Crippen LogP contribution is -2.14. The molecule has 0 unspecified atom stereocenters. The third kappa shape index (κ3) is 3.43. The van der Waals surface area contributed by atoms with Gasteiger partial charge in [0.25, 0.3) is 5.69 Å². The maximum absolute atomic E-state index is 13.2. The largest absolute Gasteiger partial charge is 0.388 e. The maximum atomic E-state index is 13.2. The Hall–Kier alpha value is -4.41. The Morgan fingerprint density at radius 3 is 2.62 bits per heavy atom. The smallest absolute Gasteiger partial charge is 0.270 e. The van der Waals surface area contributed by atoms with Crippen molar-refractivity contribution < 1.29 is 14.8 Å². The van der Waals surface area contributed by atoms with E-state index in [2.05, 4.69) is 10.2 Å². The molecule has 3 rings (SSSR count). The van der Waals surface area contributed by atoms with Gasteiger partial charge in [-0.2, -0.15) is 10.5 Å². The lowest BCUT2D eigenvalue weighted by molar-refractivity contribution is -0.384. The van der Waals surface area contributed by atoms with Gasteiger partial charge < -0.3 is 5.11 Å². The molecular formula is C19H12N6O4. The van der Waals surface area contributed by atoms with Crippen molar-refractivity contribution in [3.63, 3.8) is 0 Å². The van der Waals surface area contributed by atoms with Crippen LogP contribution in [0.2, 0.25) is 0 Å². The fourth-order valence-corrected chi connectivity index (χ4v) is 2.91. The molecule has 0 saturated heterocycles. The van der Waals surface area contributed by atoms with Crippen LogP contribution in [0, 0.1) is 39.7 Å². The number of nitro groups is 1. The summed E-state index contributed by atoms with van der Waals surface area (Å²) in [6, 6.07) is 11.6. The quantitative estimate of drug-likeness (QED) is 0.394. The van der Waals surface area contributed by atoms with E-state index in [1.807, 2.05) is 12.1 Å². The van der Waals surface area contributed by atoms with Crippen molar-refractivity contribution in [1.29, 1.82) is 10.5 Å². The average Bonchev–Trinajstić information content (AvgIpc) is 3.12. The third-order valence-corrected chi connectivity index (χ3v) is 4.18. The Kier molecular flexibility index (Phi) is 5.13. The van der Waals surface area contributed by atoms with Crippen LogP contribution >= 0.6 is 0 Å². The minimum Gasteiger partial charge on any atom is -0.388 e. The Bertz CT molecular complexity index is 1230. The second-order valence-electron chi connectivity index (χ2n) is 5.94. The van der Waals surface area contributed by atoms with Crippen molar-refractivity contribution in [1.82, 2.24) is 14.8 Å². The molecule has 1 heterocycles. The molecule has 142 valence electrons. The molecule has 0 radical (unpaired) electrons. The monoisotopic (exact) mass is 388 g/mol. The number of aliphatic hydroxyl groups excluding tert-OH is 1. The summed E-state index contributed by atoms with van der Waals surface area (Å²) < 4.78 is 1.35. The number of aliphatic hydroxyl groups is 1. The predicted octanol–water partition coefficient (Wildman–Crippen LogP) is 1.95. The minimum absolute atomic E-state index is 0.00423. The van der Waals surface area contributed by atoms with E-state index in [0.717, 1.165) is 6.07 Å². The molecule has 0 amide bonds. The van der Waals surface area contributed by atoms with Gasteiger partial charge in [-0.15, -0.1) is 10.2 Å². The van der Waals surface area contributed by atoms with E-state index in [9.17, 15) is 30.5 Å². The first-order valence-corrected chi connectivity index (χ1v) is 8.20. The number of aryl methyl sites for hydroxylation is 1. The molecule has 1 N–H and O–H groups in total. The number of nitrogens with zero attached hydrogens (tertiary/aromatic N) is 6. The van der Waals surface area contributed by atoms with Crippen molar-refractivity contribution in [3.05, 3.63) is 80.4 Å². The summed E-state index contributed by atoms with van der Waals surface area (Å²) in [6.45, 7) is 1.07. The Labute approximate surface area is 164 Å². The predicted molar refractivity (Wildman–Crippen MR) is 98.0 cm³/mol. The first kappa shape index (κ1) is 19.4. The molecule has 29 heavy (non-hydrogen) atoms. The zero-order valence-corrected chi connectivity index (χ0v) is 15.0. The zero-order valence-electron chi connectivity index (χ0n) is 15.0. The molecule has 0 fully saturated rings. The number of aromatic nitrogens is 3. The highest BCUT2D eigenvalue weighted by atomic mass is 16.6. The van der Waals surface area contributed by atoms with Crippen molar-refractivity contribution in [2.45, 2.75) is 13.5 Å². The van der Waals surface area contributed by atoms with Crippen LogP contribution in [-0.2, 0) is 6.61 Å². The van der Waals surface area contributed by atoms with Gasteiger partial charge in [0.1, 0.15) is 18.5 Å². The van der Waals surface area contributed by atoms with E-state index < -0.39 is 17.3 Å². The van der Waals surface area contributed by atoms with Crippen molar-refractivity contribution in [3.8, 4) is 17.8 Å². The second-order valence-corrected chi connectivity index (χ2v) is 5.94. The van der Waals surface area contributed by atoms with Gasteiger partial charge in [0, 0.05) is 23.3 Å². The lowest BCUT2D eigenvalue weighted by Gasteiger charge is -2.15. The molecular weight excluding hydrogens is 376 g/mol. The number of rotatable bonds is 5. The van der Waals surface area contributed by atoms with Gasteiger partial charge in [0.15, 0.2) is 11.6 Å². The number of nitro benzene ring substituents is 1. The number of ketones is 1. The zero-order chi connectivity index (χ0) is 21.1. The Morgan fingerprint density at radius 2 is 2.00 bits per heavy atom. The van der Waals surface area contributed by atoms with E-state index in [4.69, 9.17) is 0 Å². The lowest BCUT2D eigenvalue weighted by atomic mass is 9.96. The van der Waals surface area contributed by atoms with Crippen LogP contribution in [0.15, 0.2) is 36.4 Å². The Morgan fingerprint density at radius 1 is 1.24 bits per heavy atom. The van der Waals surface area contributed by atoms with E-state index in [1.54, 1.807) is 6.92 Å². The van der Waals surface area contributed by atoms with Crippen molar-refractivity contribution >= 4 is 11.5 Å². The Balaban J connectivity index is 2.34. The number of hydrogen-bond donors (Lipinski definition) is 1. The topological polar surface area (TPSA) is 159 Å². The third-order valence-electron chi connectivity index (χ3n) is 4.18. The van der Waals surface area contributed by atoms with Gasteiger partial charge in [0.05, 0.1) is 27.8 Å². The summed E-state index contributed by atoms with van der Waals surface area (Å²) >= 11 is 0. The number of benzene rings is 2. The van der Waals surface area contributed by atoms with Gasteiger partial charge in [-0.05, 0) is 19.1 Å². The summed E-state index contributed by atoms with van der Waals surface area (Å²) in [7, 11) is 0. The van der Waals surface area contributed by atoms with Crippen LogP contribution in [0.4, 0.5) is 5.69 Å². The van der Waals surface area contributed by atoms with Gasteiger partial charge in [0.2, 0.25) is 0 Å². The van der Waals surface area contributed by atoms with Gasteiger partial charge in [-0.1, -0.05) is 12.1 Å². The van der Waals surface area contributed by atoms with Gasteiger partial charge in [-0.25, -0.2) is 0 Å². The maximum Gasteiger partial charge on any atom is 0.270 e. The number of carbonyl (C=O) groups excluding carboxylic acids is 1.